The van der Waals surface area contributed by atoms with Gasteiger partial charge in [0.2, 0.25) is 11.8 Å². The van der Waals surface area contributed by atoms with E-state index in [0.717, 1.165) is 0 Å². The van der Waals surface area contributed by atoms with E-state index in [2.05, 4.69) is 10.6 Å². The van der Waals surface area contributed by atoms with Crippen molar-refractivity contribution in [3.05, 3.63) is 59.9 Å². The summed E-state index contributed by atoms with van der Waals surface area (Å²) in [5, 5.41) is 5.27. The SMILES string of the molecule is COC(=O)c1ccccc1NC(=O)C1(C(=O)Nc2ccc(F)cc2)CC1. The summed E-state index contributed by atoms with van der Waals surface area (Å²) in [6.07, 6.45) is 0.790. The van der Waals surface area contributed by atoms with Crippen molar-refractivity contribution in [2.24, 2.45) is 5.41 Å². The Morgan fingerprint density at radius 2 is 1.58 bits per heavy atom. The third kappa shape index (κ3) is 3.42. The molecule has 2 aromatic carbocycles. The molecule has 0 bridgehead atoms. The van der Waals surface area contributed by atoms with Crippen LogP contribution in [0.1, 0.15) is 23.2 Å². The van der Waals surface area contributed by atoms with Gasteiger partial charge in [0.05, 0.1) is 18.4 Å². The van der Waals surface area contributed by atoms with Crippen LogP contribution in [-0.2, 0) is 14.3 Å². The molecule has 1 saturated carbocycles. The van der Waals surface area contributed by atoms with Crippen LogP contribution < -0.4 is 10.6 Å². The smallest absolute Gasteiger partial charge is 0.339 e. The lowest BCUT2D eigenvalue weighted by atomic mass is 10.0. The number of amides is 2. The van der Waals surface area contributed by atoms with Crippen LogP contribution in [0.5, 0.6) is 0 Å². The summed E-state index contributed by atoms with van der Waals surface area (Å²) in [5.41, 5.74) is -0.300. The number of benzene rings is 2. The van der Waals surface area contributed by atoms with E-state index in [0.29, 0.717) is 18.5 Å². The van der Waals surface area contributed by atoms with Crippen LogP contribution in [0.4, 0.5) is 15.8 Å². The van der Waals surface area contributed by atoms with Crippen LogP contribution in [0.15, 0.2) is 48.5 Å². The average molecular weight is 356 g/mol. The first-order chi connectivity index (χ1) is 12.5. The van der Waals surface area contributed by atoms with E-state index in [4.69, 9.17) is 4.74 Å². The van der Waals surface area contributed by atoms with Gasteiger partial charge in [-0.1, -0.05) is 12.1 Å². The molecular weight excluding hydrogens is 339 g/mol. The number of methoxy groups -OCH3 is 1. The number of carbonyl (C=O) groups is 3. The highest BCUT2D eigenvalue weighted by Crippen LogP contribution is 2.47. The highest BCUT2D eigenvalue weighted by molar-refractivity contribution is 6.17. The van der Waals surface area contributed by atoms with E-state index >= 15 is 0 Å². The molecule has 1 aliphatic carbocycles. The Balaban J connectivity index is 1.74. The Morgan fingerprint density at radius 1 is 0.962 bits per heavy atom. The van der Waals surface area contributed by atoms with E-state index in [1.165, 1.54) is 37.4 Å². The van der Waals surface area contributed by atoms with Crippen LogP contribution in [0, 0.1) is 11.2 Å². The zero-order valence-electron chi connectivity index (χ0n) is 14.0. The number of halogens is 1. The van der Waals surface area contributed by atoms with E-state index in [9.17, 15) is 18.8 Å². The zero-order chi connectivity index (χ0) is 18.7. The molecule has 6 nitrogen and oxygen atoms in total. The molecule has 0 saturated heterocycles. The molecule has 134 valence electrons. The molecular formula is C19H17FN2O4. The number of carbonyl (C=O) groups excluding carboxylic acids is 3. The summed E-state index contributed by atoms with van der Waals surface area (Å²) in [5.74, 6) is -1.95. The predicted molar refractivity (Wildman–Crippen MR) is 93.1 cm³/mol. The van der Waals surface area contributed by atoms with Gasteiger partial charge in [0.1, 0.15) is 11.2 Å². The number of rotatable bonds is 5. The number of anilines is 2. The van der Waals surface area contributed by atoms with Gasteiger partial charge in [-0.3, -0.25) is 9.59 Å². The van der Waals surface area contributed by atoms with Gasteiger partial charge >= 0.3 is 5.97 Å². The number of para-hydroxylation sites is 1. The summed E-state index contributed by atoms with van der Waals surface area (Å²) in [4.78, 5) is 37.0. The van der Waals surface area contributed by atoms with Gasteiger partial charge in [0.25, 0.3) is 0 Å². The summed E-state index contributed by atoms with van der Waals surface area (Å²) < 4.78 is 17.7. The van der Waals surface area contributed by atoms with Gasteiger partial charge in [0.15, 0.2) is 0 Å². The van der Waals surface area contributed by atoms with Crippen LogP contribution in [-0.4, -0.2) is 24.9 Å². The molecule has 3 rings (SSSR count). The van der Waals surface area contributed by atoms with Crippen molar-refractivity contribution in [2.45, 2.75) is 12.8 Å². The number of hydrogen-bond donors (Lipinski definition) is 2. The lowest BCUT2D eigenvalue weighted by Gasteiger charge is -2.16. The Morgan fingerprint density at radius 3 is 2.19 bits per heavy atom. The minimum absolute atomic E-state index is 0.207. The molecule has 0 aromatic heterocycles. The molecule has 0 spiro atoms. The van der Waals surface area contributed by atoms with Gasteiger partial charge in [-0.2, -0.15) is 0 Å². The van der Waals surface area contributed by atoms with Crippen molar-refractivity contribution in [3.63, 3.8) is 0 Å². The summed E-state index contributed by atoms with van der Waals surface area (Å²) in [6, 6.07) is 11.7. The first-order valence-electron chi connectivity index (χ1n) is 8.02. The maximum atomic E-state index is 13.0. The van der Waals surface area contributed by atoms with E-state index in [1.807, 2.05) is 0 Å². The molecule has 0 heterocycles. The molecule has 7 heteroatoms. The van der Waals surface area contributed by atoms with E-state index in [-0.39, 0.29) is 11.3 Å². The van der Waals surface area contributed by atoms with E-state index in [1.54, 1.807) is 18.2 Å². The Kier molecular flexibility index (Phi) is 4.71. The van der Waals surface area contributed by atoms with E-state index < -0.39 is 29.0 Å². The standard InChI is InChI=1S/C19H17FN2O4/c1-26-16(23)14-4-2-3-5-15(14)22-18(25)19(10-11-19)17(24)21-13-8-6-12(20)7-9-13/h2-9H,10-11H2,1H3,(H,21,24)(H,22,25). The van der Waals surface area contributed by atoms with Gasteiger partial charge in [-0.05, 0) is 49.2 Å². The average Bonchev–Trinajstić information content (AvgIpc) is 3.45. The Labute approximate surface area is 149 Å². The predicted octanol–water partition coefficient (Wildman–Crippen LogP) is 2.97. The maximum Gasteiger partial charge on any atom is 0.339 e. The summed E-state index contributed by atoms with van der Waals surface area (Å²) in [7, 11) is 1.25. The Hall–Kier alpha value is -3.22. The monoisotopic (exact) mass is 356 g/mol. The topological polar surface area (TPSA) is 84.5 Å². The number of nitrogens with one attached hydrogen (secondary N) is 2. The van der Waals surface area contributed by atoms with Crippen molar-refractivity contribution in [2.75, 3.05) is 17.7 Å². The zero-order valence-corrected chi connectivity index (χ0v) is 14.0. The summed E-state index contributed by atoms with van der Waals surface area (Å²) in [6.45, 7) is 0. The molecule has 0 unspecified atom stereocenters. The molecule has 0 radical (unpaired) electrons. The van der Waals surface area contributed by atoms with Crippen LogP contribution in [0.2, 0.25) is 0 Å². The fourth-order valence-corrected chi connectivity index (χ4v) is 2.59. The number of esters is 1. The maximum absolute atomic E-state index is 13.0. The fourth-order valence-electron chi connectivity index (χ4n) is 2.59. The minimum atomic E-state index is -1.20. The third-order valence-electron chi connectivity index (χ3n) is 4.30. The lowest BCUT2D eigenvalue weighted by molar-refractivity contribution is -0.131. The van der Waals surface area contributed by atoms with Crippen LogP contribution in [0.3, 0.4) is 0 Å². The van der Waals surface area contributed by atoms with Gasteiger partial charge in [0, 0.05) is 5.69 Å². The van der Waals surface area contributed by atoms with Gasteiger partial charge < -0.3 is 15.4 Å². The van der Waals surface area contributed by atoms with Crippen molar-refractivity contribution in [1.29, 1.82) is 0 Å². The normalized spacial score (nSPS) is 14.2. The first kappa shape index (κ1) is 17.6. The largest absolute Gasteiger partial charge is 0.465 e. The van der Waals surface area contributed by atoms with Crippen LogP contribution in [0.25, 0.3) is 0 Å². The second kappa shape index (κ2) is 6.95. The highest BCUT2D eigenvalue weighted by atomic mass is 19.1. The van der Waals surface area contributed by atoms with Crippen LogP contribution >= 0.6 is 0 Å². The van der Waals surface area contributed by atoms with Crippen molar-refractivity contribution in [3.8, 4) is 0 Å². The molecule has 2 aromatic rings. The number of hydrogen-bond acceptors (Lipinski definition) is 4. The molecule has 26 heavy (non-hydrogen) atoms. The van der Waals surface area contributed by atoms with Crippen molar-refractivity contribution < 1.29 is 23.5 Å². The molecule has 1 fully saturated rings. The Bertz CT molecular complexity index is 860. The lowest BCUT2D eigenvalue weighted by Crippen LogP contribution is -2.36. The summed E-state index contributed by atoms with van der Waals surface area (Å²) >= 11 is 0. The molecule has 0 aliphatic heterocycles. The van der Waals surface area contributed by atoms with Gasteiger partial charge in [-0.25, -0.2) is 9.18 Å². The third-order valence-corrected chi connectivity index (χ3v) is 4.30. The minimum Gasteiger partial charge on any atom is -0.465 e. The molecule has 1 aliphatic rings. The van der Waals surface area contributed by atoms with Crippen molar-refractivity contribution >= 4 is 29.2 Å². The highest BCUT2D eigenvalue weighted by Gasteiger charge is 2.56. The second-order valence-electron chi connectivity index (χ2n) is 6.03. The quantitative estimate of drug-likeness (QED) is 0.637. The van der Waals surface area contributed by atoms with Gasteiger partial charge in [-0.15, -0.1) is 0 Å². The molecule has 2 N–H and O–H groups in total. The second-order valence-corrected chi connectivity index (χ2v) is 6.03. The fraction of sp³-hybridized carbons (Fsp3) is 0.211. The first-order valence-corrected chi connectivity index (χ1v) is 8.02. The number of ether oxygens (including phenoxy) is 1. The molecule has 0 atom stereocenters. The van der Waals surface area contributed by atoms with Crippen molar-refractivity contribution in [1.82, 2.24) is 0 Å². The molecule has 2 amide bonds.